The van der Waals surface area contributed by atoms with Gasteiger partial charge in [0.1, 0.15) is 6.26 Å². The van der Waals surface area contributed by atoms with Crippen molar-refractivity contribution in [3.05, 3.63) is 23.3 Å². The van der Waals surface area contributed by atoms with Crippen LogP contribution in [-0.2, 0) is 4.18 Å². The van der Waals surface area contributed by atoms with Gasteiger partial charge in [-0.2, -0.15) is 0 Å². The molecule has 0 saturated heterocycles. The van der Waals surface area contributed by atoms with E-state index in [1.165, 1.54) is 23.4 Å². The van der Waals surface area contributed by atoms with Crippen molar-refractivity contribution < 1.29 is 4.18 Å². The van der Waals surface area contributed by atoms with Crippen LogP contribution in [0.5, 0.6) is 0 Å². The fraction of sp³-hybridized carbons (Fsp3) is 0.429. The summed E-state index contributed by atoms with van der Waals surface area (Å²) in [6.45, 7) is 2.17. The molecular formula is C7H10OS. The van der Waals surface area contributed by atoms with E-state index in [2.05, 4.69) is 13.0 Å². The molecule has 1 nitrogen and oxygen atoms in total. The summed E-state index contributed by atoms with van der Waals surface area (Å²) >= 11 is 1.46. The topological polar surface area (TPSA) is 9.23 Å². The SMILES string of the molecule is CCCC1=CC=COS1. The maximum absolute atomic E-state index is 5.00. The number of hydrogen-bond donors (Lipinski definition) is 0. The van der Waals surface area contributed by atoms with Crippen molar-refractivity contribution in [1.29, 1.82) is 0 Å². The lowest BCUT2D eigenvalue weighted by atomic mass is 10.3. The van der Waals surface area contributed by atoms with Gasteiger partial charge in [-0.1, -0.05) is 13.3 Å². The molecule has 0 saturated carbocycles. The first-order valence-electron chi connectivity index (χ1n) is 3.12. The Bertz CT molecular complexity index is 138. The molecule has 0 aromatic carbocycles. The molecule has 0 spiro atoms. The van der Waals surface area contributed by atoms with Crippen LogP contribution in [0.3, 0.4) is 0 Å². The van der Waals surface area contributed by atoms with Crippen LogP contribution in [0.1, 0.15) is 19.8 Å². The summed E-state index contributed by atoms with van der Waals surface area (Å²) in [6, 6.07) is 0. The molecule has 0 fully saturated rings. The van der Waals surface area contributed by atoms with E-state index in [4.69, 9.17) is 4.18 Å². The molecule has 0 aliphatic carbocycles. The molecule has 0 N–H and O–H groups in total. The second-order valence-electron chi connectivity index (χ2n) is 1.89. The average molecular weight is 142 g/mol. The van der Waals surface area contributed by atoms with Crippen LogP contribution < -0.4 is 0 Å². The minimum Gasteiger partial charge on any atom is -0.429 e. The monoisotopic (exact) mass is 142 g/mol. The van der Waals surface area contributed by atoms with Gasteiger partial charge in [-0.15, -0.1) is 0 Å². The third-order valence-corrected chi connectivity index (χ3v) is 1.83. The highest BCUT2D eigenvalue weighted by Crippen LogP contribution is 2.24. The molecule has 50 valence electrons. The summed E-state index contributed by atoms with van der Waals surface area (Å²) in [6.07, 6.45) is 8.05. The lowest BCUT2D eigenvalue weighted by molar-refractivity contribution is 0.565. The third kappa shape index (κ3) is 2.14. The average Bonchev–Trinajstić information content (AvgIpc) is 1.91. The second-order valence-corrected chi connectivity index (χ2v) is 2.77. The standard InChI is InChI=1S/C7H10OS/c1-2-4-7-5-3-6-8-9-7/h3,5-6H,2,4H2,1H3. The van der Waals surface area contributed by atoms with Crippen molar-refractivity contribution in [3.63, 3.8) is 0 Å². The van der Waals surface area contributed by atoms with Crippen molar-refractivity contribution in [3.8, 4) is 0 Å². The predicted molar refractivity (Wildman–Crippen MR) is 40.8 cm³/mol. The zero-order valence-corrected chi connectivity index (χ0v) is 6.28. The highest BCUT2D eigenvalue weighted by Gasteiger charge is 1.98. The molecule has 1 rings (SSSR count). The minimum atomic E-state index is 1.13. The van der Waals surface area contributed by atoms with Gasteiger partial charge in [-0.25, -0.2) is 0 Å². The van der Waals surface area contributed by atoms with Gasteiger partial charge < -0.3 is 4.18 Å². The molecule has 0 aromatic heterocycles. The van der Waals surface area contributed by atoms with Gasteiger partial charge in [0.05, 0.1) is 12.0 Å². The molecule has 1 heterocycles. The van der Waals surface area contributed by atoms with E-state index in [9.17, 15) is 0 Å². The van der Waals surface area contributed by atoms with Crippen LogP contribution in [0.4, 0.5) is 0 Å². The highest BCUT2D eigenvalue weighted by atomic mass is 32.2. The summed E-state index contributed by atoms with van der Waals surface area (Å²) in [7, 11) is 0. The maximum atomic E-state index is 5.00. The van der Waals surface area contributed by atoms with Crippen LogP contribution >= 0.6 is 12.0 Å². The Morgan fingerprint density at radius 3 is 3.11 bits per heavy atom. The zero-order valence-electron chi connectivity index (χ0n) is 5.46. The fourth-order valence-electron chi connectivity index (χ4n) is 0.667. The Morgan fingerprint density at radius 2 is 2.56 bits per heavy atom. The van der Waals surface area contributed by atoms with Crippen molar-refractivity contribution in [2.45, 2.75) is 19.8 Å². The summed E-state index contributed by atoms with van der Waals surface area (Å²) < 4.78 is 5.00. The molecule has 0 radical (unpaired) electrons. The van der Waals surface area contributed by atoms with Crippen LogP contribution in [0.15, 0.2) is 23.3 Å². The van der Waals surface area contributed by atoms with Gasteiger partial charge >= 0.3 is 0 Å². The van der Waals surface area contributed by atoms with E-state index in [1.54, 1.807) is 6.26 Å². The normalized spacial score (nSPS) is 16.8. The molecule has 1 aliphatic heterocycles. The minimum absolute atomic E-state index is 1.13. The van der Waals surface area contributed by atoms with Gasteiger partial charge in [0.25, 0.3) is 0 Å². The van der Waals surface area contributed by atoms with Gasteiger partial charge in [-0.05, 0) is 18.6 Å². The summed E-state index contributed by atoms with van der Waals surface area (Å²) in [4.78, 5) is 1.32. The fourth-order valence-corrected chi connectivity index (χ4v) is 1.33. The van der Waals surface area contributed by atoms with Gasteiger partial charge in [-0.3, -0.25) is 0 Å². The Kier molecular flexibility index (Phi) is 2.71. The largest absolute Gasteiger partial charge is 0.429 e. The smallest absolute Gasteiger partial charge is 0.102 e. The quantitative estimate of drug-likeness (QED) is 0.548. The van der Waals surface area contributed by atoms with Crippen molar-refractivity contribution in [1.82, 2.24) is 0 Å². The van der Waals surface area contributed by atoms with E-state index < -0.39 is 0 Å². The Morgan fingerprint density at radius 1 is 1.67 bits per heavy atom. The zero-order chi connectivity index (χ0) is 6.53. The molecule has 2 heteroatoms. The molecule has 0 atom stereocenters. The maximum Gasteiger partial charge on any atom is 0.102 e. The molecular weight excluding hydrogens is 132 g/mol. The van der Waals surface area contributed by atoms with E-state index in [0.717, 1.165) is 6.42 Å². The van der Waals surface area contributed by atoms with Crippen LogP contribution in [-0.4, -0.2) is 0 Å². The molecule has 0 aromatic rings. The van der Waals surface area contributed by atoms with E-state index in [0.29, 0.717) is 0 Å². The first kappa shape index (κ1) is 6.75. The van der Waals surface area contributed by atoms with Gasteiger partial charge in [0.2, 0.25) is 0 Å². The van der Waals surface area contributed by atoms with E-state index in [-0.39, 0.29) is 0 Å². The molecule has 0 bridgehead atoms. The summed E-state index contributed by atoms with van der Waals surface area (Å²) in [5.74, 6) is 0. The molecule has 0 unspecified atom stereocenters. The summed E-state index contributed by atoms with van der Waals surface area (Å²) in [5.41, 5.74) is 0. The van der Waals surface area contributed by atoms with Crippen molar-refractivity contribution in [2.24, 2.45) is 0 Å². The first-order chi connectivity index (χ1) is 4.43. The Balaban J connectivity index is 2.38. The van der Waals surface area contributed by atoms with Gasteiger partial charge in [0, 0.05) is 4.91 Å². The number of allylic oxidation sites excluding steroid dienone is 3. The van der Waals surface area contributed by atoms with Crippen LogP contribution in [0.2, 0.25) is 0 Å². The number of rotatable bonds is 2. The van der Waals surface area contributed by atoms with Crippen molar-refractivity contribution in [2.75, 3.05) is 0 Å². The van der Waals surface area contributed by atoms with Gasteiger partial charge in [0.15, 0.2) is 0 Å². The lowest BCUT2D eigenvalue weighted by Gasteiger charge is -2.05. The number of hydrogen-bond acceptors (Lipinski definition) is 2. The Hall–Kier alpha value is -0.370. The highest BCUT2D eigenvalue weighted by molar-refractivity contribution is 7.98. The molecule has 1 aliphatic rings. The Labute approximate surface area is 60.0 Å². The van der Waals surface area contributed by atoms with Crippen LogP contribution in [0.25, 0.3) is 0 Å². The van der Waals surface area contributed by atoms with E-state index >= 15 is 0 Å². The second kappa shape index (κ2) is 3.62. The summed E-state index contributed by atoms with van der Waals surface area (Å²) in [5, 5.41) is 0. The first-order valence-corrected chi connectivity index (χ1v) is 3.86. The predicted octanol–water partition coefficient (Wildman–Crippen LogP) is 2.86. The third-order valence-electron chi connectivity index (χ3n) is 1.07. The van der Waals surface area contributed by atoms with E-state index in [1.807, 2.05) is 6.08 Å². The molecule has 0 amide bonds. The van der Waals surface area contributed by atoms with Crippen LogP contribution in [0, 0.1) is 0 Å². The van der Waals surface area contributed by atoms with Crippen molar-refractivity contribution >= 4 is 12.0 Å². The molecule has 9 heavy (non-hydrogen) atoms. The lowest BCUT2D eigenvalue weighted by Crippen LogP contribution is -1.80.